The summed E-state index contributed by atoms with van der Waals surface area (Å²) >= 11 is 0. The highest BCUT2D eigenvalue weighted by atomic mass is 16.1. The summed E-state index contributed by atoms with van der Waals surface area (Å²) in [6, 6.07) is 5.64. The molecule has 2 N–H and O–H groups in total. The molecule has 0 aliphatic carbocycles. The lowest BCUT2D eigenvalue weighted by molar-refractivity contribution is 0.107. The number of nitrogens with zero attached hydrogens (tertiary/aromatic N) is 1. The Morgan fingerprint density at radius 3 is 2.69 bits per heavy atom. The molecule has 0 aromatic heterocycles. The minimum absolute atomic E-state index is 0.153. The topological polar surface area (TPSA) is 55.5 Å². The normalized spacial score (nSPS) is 10.6. The molecule has 0 heterocycles. The van der Waals surface area contributed by atoms with Crippen molar-refractivity contribution >= 4 is 12.0 Å². The average molecular weight is 176 g/mol. The largest absolute Gasteiger partial charge is 0.323 e. The number of rotatable bonds is 2. The van der Waals surface area contributed by atoms with E-state index in [9.17, 15) is 4.79 Å². The van der Waals surface area contributed by atoms with Gasteiger partial charge in [-0.05, 0) is 19.4 Å². The lowest BCUT2D eigenvalue weighted by Crippen LogP contribution is -2.04. The van der Waals surface area contributed by atoms with Crippen molar-refractivity contribution in [1.82, 2.24) is 0 Å². The van der Waals surface area contributed by atoms with Gasteiger partial charge in [-0.15, -0.1) is 0 Å². The Kier molecular flexibility index (Phi) is 2.80. The second kappa shape index (κ2) is 3.85. The summed E-state index contributed by atoms with van der Waals surface area (Å²) in [6.07, 6.45) is 1.12. The van der Waals surface area contributed by atoms with Crippen LogP contribution in [0.2, 0.25) is 0 Å². The Morgan fingerprint density at radius 2 is 2.15 bits per heavy atom. The fourth-order valence-corrected chi connectivity index (χ4v) is 1.23. The van der Waals surface area contributed by atoms with Gasteiger partial charge in [0, 0.05) is 5.56 Å². The van der Waals surface area contributed by atoms with Gasteiger partial charge in [-0.25, -0.2) is 0 Å². The highest BCUT2D eigenvalue weighted by Gasteiger charge is 2.05. The standard InChI is InChI=1S/C10H12N2O/c1-7-3-4-9(8(2)5-7)10(13)6-12-11/h3-6H,11H2,1-2H3/b12-6+. The minimum atomic E-state index is -0.153. The van der Waals surface area contributed by atoms with Gasteiger partial charge in [-0.3, -0.25) is 4.79 Å². The zero-order valence-corrected chi connectivity index (χ0v) is 7.74. The smallest absolute Gasteiger partial charge is 0.206 e. The molecule has 0 amide bonds. The molecule has 0 saturated heterocycles. The average Bonchev–Trinajstić information content (AvgIpc) is 2.04. The van der Waals surface area contributed by atoms with Crippen molar-refractivity contribution in [3.8, 4) is 0 Å². The van der Waals surface area contributed by atoms with E-state index >= 15 is 0 Å². The predicted octanol–water partition coefficient (Wildman–Crippen LogP) is 1.43. The molecule has 0 atom stereocenters. The van der Waals surface area contributed by atoms with E-state index in [1.54, 1.807) is 6.07 Å². The van der Waals surface area contributed by atoms with Crippen LogP contribution in [0.25, 0.3) is 0 Å². The first-order valence-electron chi connectivity index (χ1n) is 4.00. The minimum Gasteiger partial charge on any atom is -0.323 e. The van der Waals surface area contributed by atoms with Gasteiger partial charge >= 0.3 is 0 Å². The number of hydrogen-bond donors (Lipinski definition) is 1. The molecule has 0 spiro atoms. The summed E-state index contributed by atoms with van der Waals surface area (Å²) in [5.74, 6) is 4.74. The first kappa shape index (κ1) is 9.45. The predicted molar refractivity (Wildman–Crippen MR) is 52.9 cm³/mol. The van der Waals surface area contributed by atoms with Crippen molar-refractivity contribution in [3.63, 3.8) is 0 Å². The Labute approximate surface area is 77.3 Å². The molecule has 0 saturated carbocycles. The van der Waals surface area contributed by atoms with Crippen LogP contribution in [0.5, 0.6) is 0 Å². The first-order valence-corrected chi connectivity index (χ1v) is 4.00. The van der Waals surface area contributed by atoms with Crippen LogP contribution in [-0.4, -0.2) is 12.0 Å². The molecule has 0 aliphatic heterocycles. The van der Waals surface area contributed by atoms with Gasteiger partial charge in [0.15, 0.2) is 0 Å². The number of carbonyl (C=O) groups excluding carboxylic acids is 1. The second-order valence-corrected chi connectivity index (χ2v) is 2.96. The number of carbonyl (C=O) groups is 1. The van der Waals surface area contributed by atoms with Gasteiger partial charge in [0.05, 0.1) is 6.21 Å². The second-order valence-electron chi connectivity index (χ2n) is 2.96. The number of nitrogens with two attached hydrogens (primary N) is 1. The number of hydrogen-bond acceptors (Lipinski definition) is 3. The summed E-state index contributed by atoms with van der Waals surface area (Å²) < 4.78 is 0. The highest BCUT2D eigenvalue weighted by Crippen LogP contribution is 2.10. The summed E-state index contributed by atoms with van der Waals surface area (Å²) in [6.45, 7) is 3.88. The number of hydrazone groups is 1. The number of aryl methyl sites for hydroxylation is 2. The summed E-state index contributed by atoms with van der Waals surface area (Å²) in [5, 5.41) is 3.20. The van der Waals surface area contributed by atoms with Crippen LogP contribution in [0.1, 0.15) is 21.5 Å². The van der Waals surface area contributed by atoms with Crippen molar-refractivity contribution in [3.05, 3.63) is 34.9 Å². The fraction of sp³-hybridized carbons (Fsp3) is 0.200. The molecule has 1 aromatic carbocycles. The third-order valence-corrected chi connectivity index (χ3v) is 1.84. The Balaban J connectivity index is 3.09. The zero-order valence-electron chi connectivity index (χ0n) is 7.74. The first-order chi connectivity index (χ1) is 6.15. The van der Waals surface area contributed by atoms with E-state index in [-0.39, 0.29) is 5.78 Å². The molecule has 68 valence electrons. The lowest BCUT2D eigenvalue weighted by Gasteiger charge is -2.01. The molecular formula is C10H12N2O. The zero-order chi connectivity index (χ0) is 9.84. The van der Waals surface area contributed by atoms with E-state index in [1.807, 2.05) is 26.0 Å². The molecule has 3 nitrogen and oxygen atoms in total. The van der Waals surface area contributed by atoms with Gasteiger partial charge in [-0.1, -0.05) is 23.8 Å². The molecule has 0 fully saturated rings. The third-order valence-electron chi connectivity index (χ3n) is 1.84. The van der Waals surface area contributed by atoms with E-state index < -0.39 is 0 Å². The van der Waals surface area contributed by atoms with Gasteiger partial charge in [0.2, 0.25) is 5.78 Å². The van der Waals surface area contributed by atoms with E-state index in [4.69, 9.17) is 5.84 Å². The molecular weight excluding hydrogens is 164 g/mol. The third kappa shape index (κ3) is 2.15. The van der Waals surface area contributed by atoms with Crippen LogP contribution in [0.4, 0.5) is 0 Å². The maximum absolute atomic E-state index is 11.3. The van der Waals surface area contributed by atoms with Crippen LogP contribution in [0.15, 0.2) is 23.3 Å². The Hall–Kier alpha value is -1.64. The molecule has 0 unspecified atom stereocenters. The molecule has 3 heteroatoms. The monoisotopic (exact) mass is 176 g/mol. The Bertz CT molecular complexity index is 356. The van der Waals surface area contributed by atoms with E-state index in [0.717, 1.165) is 17.3 Å². The van der Waals surface area contributed by atoms with Gasteiger partial charge in [0.1, 0.15) is 0 Å². The molecule has 1 aromatic rings. The van der Waals surface area contributed by atoms with Crippen molar-refractivity contribution in [2.75, 3.05) is 0 Å². The molecule has 0 aliphatic rings. The van der Waals surface area contributed by atoms with Crippen molar-refractivity contribution in [1.29, 1.82) is 0 Å². The van der Waals surface area contributed by atoms with Crippen LogP contribution in [0.3, 0.4) is 0 Å². The van der Waals surface area contributed by atoms with E-state index in [1.165, 1.54) is 0 Å². The van der Waals surface area contributed by atoms with Crippen LogP contribution >= 0.6 is 0 Å². The molecule has 0 radical (unpaired) electrons. The van der Waals surface area contributed by atoms with Crippen molar-refractivity contribution in [2.45, 2.75) is 13.8 Å². The summed E-state index contributed by atoms with van der Waals surface area (Å²) in [4.78, 5) is 11.3. The van der Waals surface area contributed by atoms with Crippen LogP contribution in [0, 0.1) is 13.8 Å². The van der Waals surface area contributed by atoms with Gasteiger partial charge < -0.3 is 5.84 Å². The van der Waals surface area contributed by atoms with Crippen molar-refractivity contribution < 1.29 is 4.79 Å². The van der Waals surface area contributed by atoms with Gasteiger partial charge in [0.25, 0.3) is 0 Å². The number of Topliss-reactive ketones (excluding diaryl/α,β-unsaturated/α-hetero) is 1. The number of benzene rings is 1. The van der Waals surface area contributed by atoms with Gasteiger partial charge in [-0.2, -0.15) is 5.10 Å². The van der Waals surface area contributed by atoms with Crippen LogP contribution < -0.4 is 5.84 Å². The highest BCUT2D eigenvalue weighted by molar-refractivity contribution is 6.35. The maximum atomic E-state index is 11.3. The van der Waals surface area contributed by atoms with E-state index in [2.05, 4.69) is 5.10 Å². The molecule has 1 rings (SSSR count). The SMILES string of the molecule is Cc1ccc(C(=O)/C=N/N)c(C)c1. The molecule has 13 heavy (non-hydrogen) atoms. The van der Waals surface area contributed by atoms with Crippen molar-refractivity contribution in [2.24, 2.45) is 10.9 Å². The van der Waals surface area contributed by atoms with Crippen LogP contribution in [-0.2, 0) is 0 Å². The Morgan fingerprint density at radius 1 is 1.46 bits per heavy atom. The lowest BCUT2D eigenvalue weighted by atomic mass is 10.0. The van der Waals surface area contributed by atoms with E-state index in [0.29, 0.717) is 5.56 Å². The number of ketones is 1. The molecule has 0 bridgehead atoms. The summed E-state index contributed by atoms with van der Waals surface area (Å²) in [5.41, 5.74) is 2.74. The fourth-order valence-electron chi connectivity index (χ4n) is 1.23. The quantitative estimate of drug-likeness (QED) is 0.321. The summed E-state index contributed by atoms with van der Waals surface area (Å²) in [7, 11) is 0. The maximum Gasteiger partial charge on any atom is 0.206 e.